The van der Waals surface area contributed by atoms with Gasteiger partial charge in [0.2, 0.25) is 0 Å². The van der Waals surface area contributed by atoms with Crippen LogP contribution >= 0.6 is 0 Å². The molecule has 0 aromatic heterocycles. The van der Waals surface area contributed by atoms with Gasteiger partial charge in [-0.1, -0.05) is 6.07 Å². The van der Waals surface area contributed by atoms with E-state index in [-0.39, 0.29) is 23.2 Å². The van der Waals surface area contributed by atoms with Crippen molar-refractivity contribution in [3.63, 3.8) is 0 Å². The van der Waals surface area contributed by atoms with Gasteiger partial charge in [0.15, 0.2) is 0 Å². The molecule has 0 bridgehead atoms. The molecule has 0 radical (unpaired) electrons. The van der Waals surface area contributed by atoms with E-state index in [9.17, 15) is 9.59 Å². The van der Waals surface area contributed by atoms with Gasteiger partial charge in [-0.25, -0.2) is 9.59 Å². The molecule has 3 N–H and O–H groups in total. The maximum Gasteiger partial charge on any atom is 0.335 e. The molecule has 1 heterocycles. The number of anilines is 1. The van der Waals surface area contributed by atoms with E-state index in [2.05, 4.69) is 10.6 Å². The predicted octanol–water partition coefficient (Wildman–Crippen LogP) is 2.46. The van der Waals surface area contributed by atoms with Crippen molar-refractivity contribution in [1.82, 2.24) is 5.32 Å². The van der Waals surface area contributed by atoms with E-state index in [4.69, 9.17) is 9.84 Å². The van der Waals surface area contributed by atoms with Gasteiger partial charge < -0.3 is 20.5 Å². The average molecular weight is 292 g/mol. The van der Waals surface area contributed by atoms with Crippen LogP contribution in [0.25, 0.3) is 0 Å². The summed E-state index contributed by atoms with van der Waals surface area (Å²) in [6.45, 7) is 4.61. The van der Waals surface area contributed by atoms with Gasteiger partial charge in [0.1, 0.15) is 0 Å². The Morgan fingerprint density at radius 1 is 1.38 bits per heavy atom. The number of aromatic carboxylic acids is 1. The fourth-order valence-electron chi connectivity index (χ4n) is 2.44. The Balaban J connectivity index is 1.92. The molecule has 0 spiro atoms. The van der Waals surface area contributed by atoms with Gasteiger partial charge in [0.05, 0.1) is 11.2 Å². The van der Waals surface area contributed by atoms with E-state index >= 15 is 0 Å². The monoisotopic (exact) mass is 292 g/mol. The topological polar surface area (TPSA) is 87.7 Å². The first-order valence-corrected chi connectivity index (χ1v) is 6.90. The molecular weight excluding hydrogens is 272 g/mol. The van der Waals surface area contributed by atoms with Crippen LogP contribution in [0.1, 0.15) is 37.0 Å². The molecule has 0 saturated carbocycles. The lowest BCUT2D eigenvalue weighted by Gasteiger charge is -2.35. The van der Waals surface area contributed by atoms with Crippen LogP contribution in [-0.2, 0) is 4.74 Å². The Morgan fingerprint density at radius 2 is 2.14 bits per heavy atom. The molecule has 21 heavy (non-hydrogen) atoms. The number of carbonyl (C=O) groups excluding carboxylic acids is 1. The molecule has 2 amide bonds. The lowest BCUT2D eigenvalue weighted by atomic mass is 9.94. The standard InChI is InChI=1S/C15H20N2O4/c1-15(2)9-12(6-7-21-15)17-14(20)16-11-5-3-4-10(8-11)13(18)19/h3-5,8,12H,6-7,9H2,1-2H3,(H,18,19)(H2,16,17,20). The normalized spacial score (nSPS) is 20.6. The molecule has 2 rings (SSSR count). The van der Waals surface area contributed by atoms with Gasteiger partial charge in [-0.2, -0.15) is 0 Å². The SMILES string of the molecule is CC1(C)CC(NC(=O)Nc2cccc(C(=O)O)c2)CCO1. The lowest BCUT2D eigenvalue weighted by Crippen LogP contribution is -2.47. The zero-order valence-corrected chi connectivity index (χ0v) is 12.2. The molecule has 6 heteroatoms. The molecule has 1 unspecified atom stereocenters. The number of urea groups is 1. The highest BCUT2D eigenvalue weighted by molar-refractivity contribution is 5.93. The van der Waals surface area contributed by atoms with Crippen molar-refractivity contribution in [2.45, 2.75) is 38.3 Å². The molecule has 1 saturated heterocycles. The van der Waals surface area contributed by atoms with E-state index in [1.54, 1.807) is 12.1 Å². The molecule has 1 aromatic carbocycles. The second-order valence-electron chi connectivity index (χ2n) is 5.78. The van der Waals surface area contributed by atoms with E-state index in [1.807, 2.05) is 13.8 Å². The summed E-state index contributed by atoms with van der Waals surface area (Å²) in [4.78, 5) is 22.8. The third-order valence-electron chi connectivity index (χ3n) is 3.40. The zero-order valence-electron chi connectivity index (χ0n) is 12.2. The number of amides is 2. The quantitative estimate of drug-likeness (QED) is 0.798. The Hall–Kier alpha value is -2.08. The molecule has 1 atom stereocenters. The fraction of sp³-hybridized carbons (Fsp3) is 0.467. The second kappa shape index (κ2) is 6.13. The van der Waals surface area contributed by atoms with Crippen molar-refractivity contribution in [3.8, 4) is 0 Å². The van der Waals surface area contributed by atoms with Gasteiger partial charge in [0, 0.05) is 18.3 Å². The van der Waals surface area contributed by atoms with Crippen molar-refractivity contribution in [2.24, 2.45) is 0 Å². The smallest absolute Gasteiger partial charge is 0.335 e. The summed E-state index contributed by atoms with van der Waals surface area (Å²) in [6.07, 6.45) is 1.52. The summed E-state index contributed by atoms with van der Waals surface area (Å²) in [5, 5.41) is 14.5. The number of ether oxygens (including phenoxy) is 1. The minimum atomic E-state index is -1.02. The predicted molar refractivity (Wildman–Crippen MR) is 78.6 cm³/mol. The largest absolute Gasteiger partial charge is 0.478 e. The number of carboxylic acid groups (broad SMARTS) is 1. The van der Waals surface area contributed by atoms with Crippen LogP contribution in [0.4, 0.5) is 10.5 Å². The van der Waals surface area contributed by atoms with Crippen molar-refractivity contribution < 1.29 is 19.4 Å². The summed E-state index contributed by atoms with van der Waals surface area (Å²) in [7, 11) is 0. The first-order chi connectivity index (χ1) is 9.85. The highest BCUT2D eigenvalue weighted by atomic mass is 16.5. The second-order valence-corrected chi connectivity index (χ2v) is 5.78. The van der Waals surface area contributed by atoms with Crippen LogP contribution in [0.5, 0.6) is 0 Å². The van der Waals surface area contributed by atoms with Crippen LogP contribution in [0.15, 0.2) is 24.3 Å². The van der Waals surface area contributed by atoms with Crippen LogP contribution in [0, 0.1) is 0 Å². The van der Waals surface area contributed by atoms with Crippen LogP contribution in [0.2, 0.25) is 0 Å². The van der Waals surface area contributed by atoms with Crippen LogP contribution in [0.3, 0.4) is 0 Å². The molecular formula is C15H20N2O4. The minimum absolute atomic E-state index is 0.0522. The van der Waals surface area contributed by atoms with Crippen molar-refractivity contribution in [1.29, 1.82) is 0 Å². The average Bonchev–Trinajstić information content (AvgIpc) is 2.37. The van der Waals surface area contributed by atoms with Gasteiger partial charge in [-0.05, 0) is 44.9 Å². The zero-order chi connectivity index (χ0) is 15.5. The number of hydrogen-bond acceptors (Lipinski definition) is 3. The molecule has 6 nitrogen and oxygen atoms in total. The summed E-state index contributed by atoms with van der Waals surface area (Å²) in [5.74, 6) is -1.02. The van der Waals surface area contributed by atoms with Gasteiger partial charge >= 0.3 is 12.0 Å². The van der Waals surface area contributed by atoms with Crippen molar-refractivity contribution in [3.05, 3.63) is 29.8 Å². The van der Waals surface area contributed by atoms with Crippen LogP contribution < -0.4 is 10.6 Å². The number of rotatable bonds is 3. The molecule has 1 aliphatic rings. The summed E-state index contributed by atoms with van der Waals surface area (Å²) >= 11 is 0. The Labute approximate surface area is 123 Å². The van der Waals surface area contributed by atoms with Gasteiger partial charge in [0.25, 0.3) is 0 Å². The maximum atomic E-state index is 12.0. The van der Waals surface area contributed by atoms with Crippen molar-refractivity contribution in [2.75, 3.05) is 11.9 Å². The van der Waals surface area contributed by atoms with Crippen LogP contribution in [-0.4, -0.2) is 35.4 Å². The van der Waals surface area contributed by atoms with E-state index in [0.717, 1.165) is 12.8 Å². The molecule has 1 fully saturated rings. The highest BCUT2D eigenvalue weighted by Gasteiger charge is 2.29. The maximum absolute atomic E-state index is 12.0. The summed E-state index contributed by atoms with van der Waals surface area (Å²) in [6, 6.07) is 5.87. The van der Waals surface area contributed by atoms with E-state index in [1.165, 1.54) is 12.1 Å². The third kappa shape index (κ3) is 4.46. The molecule has 114 valence electrons. The molecule has 1 aliphatic heterocycles. The summed E-state index contributed by atoms with van der Waals surface area (Å²) in [5.41, 5.74) is 0.359. The number of carboxylic acids is 1. The number of benzene rings is 1. The van der Waals surface area contributed by atoms with Crippen molar-refractivity contribution >= 4 is 17.7 Å². The highest BCUT2D eigenvalue weighted by Crippen LogP contribution is 2.24. The van der Waals surface area contributed by atoms with E-state index < -0.39 is 5.97 Å². The van der Waals surface area contributed by atoms with E-state index in [0.29, 0.717) is 12.3 Å². The third-order valence-corrected chi connectivity index (χ3v) is 3.40. The van der Waals surface area contributed by atoms with Gasteiger partial charge in [-0.15, -0.1) is 0 Å². The van der Waals surface area contributed by atoms with Gasteiger partial charge in [-0.3, -0.25) is 0 Å². The first kappa shape index (κ1) is 15.3. The first-order valence-electron chi connectivity index (χ1n) is 6.90. The Kier molecular flexibility index (Phi) is 4.47. The fourth-order valence-corrected chi connectivity index (χ4v) is 2.44. The lowest BCUT2D eigenvalue weighted by molar-refractivity contribution is -0.0609. The molecule has 0 aliphatic carbocycles. The minimum Gasteiger partial charge on any atom is -0.478 e. The Bertz CT molecular complexity index is 542. The number of carbonyl (C=O) groups is 2. The number of nitrogens with one attached hydrogen (secondary N) is 2. The molecule has 1 aromatic rings. The summed E-state index contributed by atoms with van der Waals surface area (Å²) < 4.78 is 5.60. The Morgan fingerprint density at radius 3 is 2.81 bits per heavy atom. The number of hydrogen-bond donors (Lipinski definition) is 3.